The molecule has 6 nitrogen and oxygen atoms in total. The highest BCUT2D eigenvalue weighted by atomic mass is 16.3. The molecular formula is C40H25N5O. The minimum Gasteiger partial charge on any atom is -0.456 e. The maximum absolute atomic E-state index is 6.52. The first kappa shape index (κ1) is 26.0. The minimum absolute atomic E-state index is 0.593. The molecule has 0 bridgehead atoms. The molecule has 0 aliphatic rings. The van der Waals surface area contributed by atoms with Gasteiger partial charge in [0.15, 0.2) is 17.5 Å². The van der Waals surface area contributed by atoms with Crippen LogP contribution in [0, 0.1) is 0 Å². The molecule has 0 spiro atoms. The van der Waals surface area contributed by atoms with Gasteiger partial charge in [-0.25, -0.2) is 19.9 Å². The molecule has 0 unspecified atom stereocenters. The Morgan fingerprint density at radius 3 is 1.80 bits per heavy atom. The van der Waals surface area contributed by atoms with Crippen LogP contribution >= 0.6 is 0 Å². The fourth-order valence-electron chi connectivity index (χ4n) is 6.14. The van der Waals surface area contributed by atoms with E-state index >= 15 is 0 Å². The lowest BCUT2D eigenvalue weighted by atomic mass is 10.0. The van der Waals surface area contributed by atoms with Crippen LogP contribution in [-0.2, 0) is 0 Å². The van der Waals surface area contributed by atoms with E-state index in [-0.39, 0.29) is 0 Å². The summed E-state index contributed by atoms with van der Waals surface area (Å²) in [6.45, 7) is 0. The molecule has 0 amide bonds. The van der Waals surface area contributed by atoms with Gasteiger partial charge in [-0.15, -0.1) is 0 Å². The fourth-order valence-corrected chi connectivity index (χ4v) is 6.14. The van der Waals surface area contributed by atoms with Crippen molar-refractivity contribution in [3.05, 3.63) is 152 Å². The Morgan fingerprint density at radius 1 is 0.457 bits per heavy atom. The number of rotatable bonds is 5. The van der Waals surface area contributed by atoms with E-state index in [0.717, 1.165) is 66.7 Å². The summed E-state index contributed by atoms with van der Waals surface area (Å²) in [5.41, 5.74) is 8.29. The van der Waals surface area contributed by atoms with Crippen LogP contribution < -0.4 is 0 Å². The van der Waals surface area contributed by atoms with Crippen molar-refractivity contribution in [1.29, 1.82) is 0 Å². The van der Waals surface area contributed by atoms with Gasteiger partial charge in [-0.3, -0.25) is 4.57 Å². The topological polar surface area (TPSA) is 69.6 Å². The quantitative estimate of drug-likeness (QED) is 0.199. The molecule has 3 aromatic heterocycles. The summed E-state index contributed by atoms with van der Waals surface area (Å²) >= 11 is 0. The SMILES string of the molecule is c1ccc(-c2nc(-c3ccccc3)nc(-c3cccc4oc5cc(-c6nc7ccccc7n6-c6ccccc6)ccc5c34)n2)cc1. The Balaban J connectivity index is 1.24. The maximum atomic E-state index is 6.52. The zero-order chi connectivity index (χ0) is 30.5. The predicted octanol–water partition coefficient (Wildman–Crippen LogP) is 9.78. The zero-order valence-corrected chi connectivity index (χ0v) is 24.6. The van der Waals surface area contributed by atoms with Gasteiger partial charge in [0.2, 0.25) is 0 Å². The summed E-state index contributed by atoms with van der Waals surface area (Å²) in [5, 5.41) is 1.95. The van der Waals surface area contributed by atoms with E-state index < -0.39 is 0 Å². The van der Waals surface area contributed by atoms with Gasteiger partial charge in [0.1, 0.15) is 17.0 Å². The molecular weight excluding hydrogens is 566 g/mol. The number of aromatic nitrogens is 5. The second-order valence-electron chi connectivity index (χ2n) is 11.1. The van der Waals surface area contributed by atoms with Crippen molar-refractivity contribution in [2.75, 3.05) is 0 Å². The van der Waals surface area contributed by atoms with E-state index in [4.69, 9.17) is 24.4 Å². The molecule has 0 aliphatic heterocycles. The minimum atomic E-state index is 0.593. The summed E-state index contributed by atoms with van der Waals surface area (Å²) in [6.07, 6.45) is 0. The third-order valence-corrected chi connectivity index (χ3v) is 8.27. The van der Waals surface area contributed by atoms with Crippen LogP contribution in [0.5, 0.6) is 0 Å². The molecule has 9 aromatic rings. The maximum Gasteiger partial charge on any atom is 0.164 e. The van der Waals surface area contributed by atoms with Gasteiger partial charge in [0.25, 0.3) is 0 Å². The van der Waals surface area contributed by atoms with Crippen LogP contribution in [0.2, 0.25) is 0 Å². The lowest BCUT2D eigenvalue weighted by molar-refractivity contribution is 0.669. The van der Waals surface area contributed by atoms with Crippen LogP contribution in [-0.4, -0.2) is 24.5 Å². The molecule has 9 rings (SSSR count). The number of nitrogens with zero attached hydrogens (tertiary/aromatic N) is 5. The Morgan fingerprint density at radius 2 is 1.09 bits per heavy atom. The van der Waals surface area contributed by atoms with Crippen molar-refractivity contribution in [2.45, 2.75) is 0 Å². The lowest BCUT2D eigenvalue weighted by Crippen LogP contribution is -2.00. The third-order valence-electron chi connectivity index (χ3n) is 8.27. The average molecular weight is 592 g/mol. The molecule has 6 heteroatoms. The van der Waals surface area contributed by atoms with E-state index in [1.807, 2.05) is 109 Å². The van der Waals surface area contributed by atoms with Crippen LogP contribution in [0.3, 0.4) is 0 Å². The van der Waals surface area contributed by atoms with Crippen LogP contribution in [0.15, 0.2) is 156 Å². The van der Waals surface area contributed by atoms with Crippen molar-refractivity contribution in [3.8, 4) is 51.2 Å². The molecule has 3 heterocycles. The molecule has 46 heavy (non-hydrogen) atoms. The number of furan rings is 1. The van der Waals surface area contributed by atoms with Gasteiger partial charge in [0.05, 0.1) is 11.0 Å². The monoisotopic (exact) mass is 591 g/mol. The van der Waals surface area contributed by atoms with E-state index in [0.29, 0.717) is 17.5 Å². The molecule has 6 aromatic carbocycles. The molecule has 0 saturated carbocycles. The predicted molar refractivity (Wildman–Crippen MR) is 183 cm³/mol. The van der Waals surface area contributed by atoms with Gasteiger partial charge in [-0.2, -0.15) is 0 Å². The number of hydrogen-bond acceptors (Lipinski definition) is 5. The first-order valence-electron chi connectivity index (χ1n) is 15.2. The molecule has 0 radical (unpaired) electrons. The van der Waals surface area contributed by atoms with Crippen LogP contribution in [0.1, 0.15) is 0 Å². The largest absolute Gasteiger partial charge is 0.456 e. The Hall–Kier alpha value is -6.40. The number of fused-ring (bicyclic) bond motifs is 4. The van der Waals surface area contributed by atoms with Crippen LogP contribution in [0.4, 0.5) is 0 Å². The van der Waals surface area contributed by atoms with Gasteiger partial charge < -0.3 is 4.42 Å². The highest BCUT2D eigenvalue weighted by molar-refractivity contribution is 6.12. The number of imidazole rings is 1. The smallest absolute Gasteiger partial charge is 0.164 e. The number of para-hydroxylation sites is 3. The second kappa shape index (κ2) is 10.6. The highest BCUT2D eigenvalue weighted by Gasteiger charge is 2.20. The van der Waals surface area contributed by atoms with E-state index in [2.05, 4.69) is 47.0 Å². The van der Waals surface area contributed by atoms with E-state index in [9.17, 15) is 0 Å². The zero-order valence-electron chi connectivity index (χ0n) is 24.6. The molecule has 0 aliphatic carbocycles. The van der Waals surface area contributed by atoms with Crippen LogP contribution in [0.25, 0.3) is 84.2 Å². The van der Waals surface area contributed by atoms with Gasteiger partial charge in [-0.1, -0.05) is 109 Å². The Labute approximate surface area is 264 Å². The summed E-state index contributed by atoms with van der Waals surface area (Å²) in [6, 6.07) is 50.9. The Kier molecular flexibility index (Phi) is 6.03. The molecule has 0 saturated heterocycles. The van der Waals surface area contributed by atoms with Crippen molar-refractivity contribution in [2.24, 2.45) is 0 Å². The summed E-state index contributed by atoms with van der Waals surface area (Å²) in [7, 11) is 0. The summed E-state index contributed by atoms with van der Waals surface area (Å²) in [4.78, 5) is 19.9. The van der Waals surface area contributed by atoms with Crippen molar-refractivity contribution in [1.82, 2.24) is 24.5 Å². The van der Waals surface area contributed by atoms with Gasteiger partial charge in [0, 0.05) is 38.7 Å². The molecule has 216 valence electrons. The molecule has 0 fully saturated rings. The number of hydrogen-bond donors (Lipinski definition) is 0. The second-order valence-corrected chi connectivity index (χ2v) is 11.1. The number of benzene rings is 6. The van der Waals surface area contributed by atoms with Gasteiger partial charge in [-0.05, 0) is 42.5 Å². The molecule has 0 atom stereocenters. The van der Waals surface area contributed by atoms with Crippen molar-refractivity contribution < 1.29 is 4.42 Å². The van der Waals surface area contributed by atoms with Gasteiger partial charge >= 0.3 is 0 Å². The lowest BCUT2D eigenvalue weighted by Gasteiger charge is -2.10. The summed E-state index contributed by atoms with van der Waals surface area (Å²) < 4.78 is 8.72. The Bertz CT molecular complexity index is 2460. The first-order valence-corrected chi connectivity index (χ1v) is 15.2. The van der Waals surface area contributed by atoms with Crippen molar-refractivity contribution >= 4 is 33.0 Å². The standard InChI is InChI=1S/C40H25N5O/c1-4-13-26(14-5-1)37-42-38(27-15-6-2-7-16-27)44-39(43-37)31-19-12-22-34-36(31)30-24-23-28(25-35(30)46-34)40-41-32-20-10-11-21-33(32)45(40)29-17-8-3-9-18-29/h1-25H. The normalized spacial score (nSPS) is 11.5. The first-order chi connectivity index (χ1) is 22.8. The molecule has 0 N–H and O–H groups in total. The van der Waals surface area contributed by atoms with E-state index in [1.54, 1.807) is 0 Å². The van der Waals surface area contributed by atoms with E-state index in [1.165, 1.54) is 0 Å². The third kappa shape index (κ3) is 4.35. The average Bonchev–Trinajstić information content (AvgIpc) is 3.71. The summed E-state index contributed by atoms with van der Waals surface area (Å²) in [5.74, 6) is 2.69. The highest BCUT2D eigenvalue weighted by Crippen LogP contribution is 2.39. The van der Waals surface area contributed by atoms with Crippen molar-refractivity contribution in [3.63, 3.8) is 0 Å². The fraction of sp³-hybridized carbons (Fsp3) is 0.